The number of carbonyl (C=O) groups excluding carboxylic acids is 1. The maximum atomic E-state index is 12.2. The molecule has 0 unspecified atom stereocenters. The van der Waals surface area contributed by atoms with E-state index in [1.54, 1.807) is 24.3 Å². The number of aromatic amines is 1. The number of phenolic OH excluding ortho intramolecular Hbond substituents is 1. The summed E-state index contributed by atoms with van der Waals surface area (Å²) in [5.41, 5.74) is 8.14. The second kappa shape index (κ2) is 7.66. The molecule has 0 fully saturated rings. The summed E-state index contributed by atoms with van der Waals surface area (Å²) in [7, 11) is 0. The normalized spacial score (nSPS) is 10.2. The summed E-state index contributed by atoms with van der Waals surface area (Å²) in [5.74, 6) is -0.339. The van der Waals surface area contributed by atoms with Crippen molar-refractivity contribution >= 4 is 28.9 Å². The van der Waals surface area contributed by atoms with Gasteiger partial charge in [-0.1, -0.05) is 29.8 Å². The van der Waals surface area contributed by atoms with Crippen LogP contribution in [-0.4, -0.2) is 26.3 Å². The molecule has 26 heavy (non-hydrogen) atoms. The lowest BCUT2D eigenvalue weighted by molar-refractivity contribution is 0.0939. The van der Waals surface area contributed by atoms with Crippen molar-refractivity contribution in [2.24, 2.45) is 0 Å². The van der Waals surface area contributed by atoms with E-state index in [4.69, 9.17) is 12.2 Å². The summed E-state index contributed by atoms with van der Waals surface area (Å²) in [6.45, 7) is 1.91. The van der Waals surface area contributed by atoms with Gasteiger partial charge in [0.1, 0.15) is 11.4 Å². The standard InChI is InChI=1S/C18H17N5O2S/c1-11-7-8-16(24)13(9-11)14-10-15(21-20-14)17(25)22-23-18(26)19-12-5-3-2-4-6-12/h2-10,24H,1H3,(H,20,21)(H,22,25)(H2,19,23,26). The summed E-state index contributed by atoms with van der Waals surface area (Å²) in [6.07, 6.45) is 0. The Morgan fingerprint density at radius 2 is 1.88 bits per heavy atom. The number of phenols is 1. The van der Waals surface area contributed by atoms with Gasteiger partial charge >= 0.3 is 0 Å². The fourth-order valence-corrected chi connectivity index (χ4v) is 2.46. The fourth-order valence-electron chi connectivity index (χ4n) is 2.30. The van der Waals surface area contributed by atoms with Gasteiger partial charge in [0.2, 0.25) is 0 Å². The van der Waals surface area contributed by atoms with E-state index in [9.17, 15) is 9.90 Å². The van der Waals surface area contributed by atoms with Crippen LogP contribution in [0, 0.1) is 6.92 Å². The molecule has 3 aromatic rings. The van der Waals surface area contributed by atoms with Crippen LogP contribution in [0.25, 0.3) is 11.3 Å². The topological polar surface area (TPSA) is 102 Å². The molecule has 0 radical (unpaired) electrons. The number of hydrogen-bond donors (Lipinski definition) is 5. The Morgan fingerprint density at radius 3 is 2.65 bits per heavy atom. The minimum absolute atomic E-state index is 0.0976. The van der Waals surface area contributed by atoms with Gasteiger partial charge in [0.15, 0.2) is 5.11 Å². The second-order valence-corrected chi connectivity index (χ2v) is 5.99. The Morgan fingerprint density at radius 1 is 1.12 bits per heavy atom. The summed E-state index contributed by atoms with van der Waals surface area (Å²) < 4.78 is 0. The highest BCUT2D eigenvalue weighted by Gasteiger charge is 2.13. The van der Waals surface area contributed by atoms with E-state index in [-0.39, 0.29) is 16.6 Å². The molecule has 0 atom stereocenters. The molecule has 1 aromatic heterocycles. The molecule has 0 saturated carbocycles. The first-order valence-electron chi connectivity index (χ1n) is 7.81. The molecule has 7 nitrogen and oxygen atoms in total. The summed E-state index contributed by atoms with van der Waals surface area (Å²) in [6, 6.07) is 16.1. The number of benzene rings is 2. The first kappa shape index (κ1) is 17.4. The number of aromatic hydroxyl groups is 1. The molecule has 0 aliphatic carbocycles. The van der Waals surface area contributed by atoms with Gasteiger partial charge in [0.05, 0.1) is 5.69 Å². The lowest BCUT2D eigenvalue weighted by Gasteiger charge is -2.10. The van der Waals surface area contributed by atoms with Gasteiger partial charge in [-0.15, -0.1) is 0 Å². The van der Waals surface area contributed by atoms with Crippen LogP contribution in [0.2, 0.25) is 0 Å². The van der Waals surface area contributed by atoms with Gasteiger partial charge in [-0.2, -0.15) is 5.10 Å². The SMILES string of the molecule is Cc1ccc(O)c(-c2cc(C(=O)NNC(=S)Nc3ccccc3)[nH]n2)c1. The van der Waals surface area contributed by atoms with E-state index in [1.165, 1.54) is 0 Å². The van der Waals surface area contributed by atoms with Crippen LogP contribution in [0.5, 0.6) is 5.75 Å². The Bertz CT molecular complexity index is 940. The van der Waals surface area contributed by atoms with Gasteiger partial charge in [-0.25, -0.2) is 0 Å². The maximum absolute atomic E-state index is 12.2. The molecule has 0 bridgehead atoms. The third-order valence-electron chi connectivity index (χ3n) is 3.57. The van der Waals surface area contributed by atoms with Gasteiger partial charge in [0.25, 0.3) is 5.91 Å². The van der Waals surface area contributed by atoms with Crippen LogP contribution in [0.1, 0.15) is 16.1 Å². The van der Waals surface area contributed by atoms with Crippen LogP contribution in [-0.2, 0) is 0 Å². The fraction of sp³-hybridized carbons (Fsp3) is 0.0556. The van der Waals surface area contributed by atoms with E-state index in [0.717, 1.165) is 11.3 Å². The Hall–Kier alpha value is -3.39. The Balaban J connectivity index is 1.61. The Kier molecular flexibility index (Phi) is 5.14. The molecular weight excluding hydrogens is 350 g/mol. The number of para-hydroxylation sites is 1. The molecule has 8 heteroatoms. The summed E-state index contributed by atoms with van der Waals surface area (Å²) in [4.78, 5) is 12.2. The quantitative estimate of drug-likeness (QED) is 0.360. The molecule has 2 aromatic carbocycles. The number of nitrogens with one attached hydrogen (secondary N) is 4. The minimum Gasteiger partial charge on any atom is -0.507 e. The zero-order chi connectivity index (χ0) is 18.5. The first-order chi connectivity index (χ1) is 12.5. The number of hydrogen-bond acceptors (Lipinski definition) is 4. The molecule has 0 aliphatic heterocycles. The van der Waals surface area contributed by atoms with Crippen LogP contribution in [0.3, 0.4) is 0 Å². The number of nitrogens with zero attached hydrogens (tertiary/aromatic N) is 1. The number of amides is 1. The third kappa shape index (κ3) is 4.17. The number of aryl methyl sites for hydroxylation is 1. The monoisotopic (exact) mass is 367 g/mol. The van der Waals surface area contributed by atoms with Crippen molar-refractivity contribution < 1.29 is 9.90 Å². The molecule has 1 amide bonds. The van der Waals surface area contributed by atoms with Gasteiger partial charge in [-0.3, -0.25) is 20.7 Å². The average Bonchev–Trinajstić information content (AvgIpc) is 3.12. The van der Waals surface area contributed by atoms with Crippen LogP contribution < -0.4 is 16.2 Å². The molecule has 5 N–H and O–H groups in total. The van der Waals surface area contributed by atoms with E-state index in [1.807, 2.05) is 37.3 Å². The van der Waals surface area contributed by atoms with Crippen molar-refractivity contribution in [1.82, 2.24) is 21.0 Å². The third-order valence-corrected chi connectivity index (χ3v) is 3.78. The average molecular weight is 367 g/mol. The Labute approximate surface area is 155 Å². The smallest absolute Gasteiger partial charge is 0.287 e. The number of rotatable bonds is 3. The van der Waals surface area contributed by atoms with Crippen molar-refractivity contribution in [3.63, 3.8) is 0 Å². The van der Waals surface area contributed by atoms with E-state index >= 15 is 0 Å². The van der Waals surface area contributed by atoms with Crippen LogP contribution in [0.15, 0.2) is 54.6 Å². The number of H-pyrrole nitrogens is 1. The van der Waals surface area contributed by atoms with Crippen molar-refractivity contribution in [3.8, 4) is 17.0 Å². The van der Waals surface area contributed by atoms with Crippen LogP contribution in [0.4, 0.5) is 5.69 Å². The van der Waals surface area contributed by atoms with E-state index in [0.29, 0.717) is 11.3 Å². The zero-order valence-corrected chi connectivity index (χ0v) is 14.7. The minimum atomic E-state index is -0.437. The lowest BCUT2D eigenvalue weighted by Crippen LogP contribution is -2.43. The highest BCUT2D eigenvalue weighted by atomic mass is 32.1. The molecule has 3 rings (SSSR count). The molecule has 0 saturated heterocycles. The number of thiocarbonyl (C=S) groups is 1. The highest BCUT2D eigenvalue weighted by molar-refractivity contribution is 7.80. The van der Waals surface area contributed by atoms with Crippen molar-refractivity contribution in [2.45, 2.75) is 6.92 Å². The maximum Gasteiger partial charge on any atom is 0.287 e. The van der Waals surface area contributed by atoms with Gasteiger partial charge < -0.3 is 10.4 Å². The molecule has 0 spiro atoms. The molecule has 0 aliphatic rings. The highest BCUT2D eigenvalue weighted by Crippen LogP contribution is 2.28. The van der Waals surface area contributed by atoms with Crippen molar-refractivity contribution in [2.75, 3.05) is 5.32 Å². The zero-order valence-electron chi connectivity index (χ0n) is 13.9. The van der Waals surface area contributed by atoms with Crippen molar-refractivity contribution in [3.05, 3.63) is 65.9 Å². The van der Waals surface area contributed by atoms with Gasteiger partial charge in [0, 0.05) is 11.3 Å². The van der Waals surface area contributed by atoms with E-state index in [2.05, 4.69) is 26.4 Å². The predicted octanol–water partition coefficient (Wildman–Crippen LogP) is 2.72. The first-order valence-corrected chi connectivity index (χ1v) is 8.21. The second-order valence-electron chi connectivity index (χ2n) is 5.59. The predicted molar refractivity (Wildman–Crippen MR) is 104 cm³/mol. The van der Waals surface area contributed by atoms with Gasteiger partial charge in [-0.05, 0) is 49.5 Å². The summed E-state index contributed by atoms with van der Waals surface area (Å²) in [5, 5.41) is 19.9. The van der Waals surface area contributed by atoms with Crippen molar-refractivity contribution in [1.29, 1.82) is 0 Å². The molecular formula is C18H17N5O2S. The lowest BCUT2D eigenvalue weighted by atomic mass is 10.1. The van der Waals surface area contributed by atoms with Crippen LogP contribution >= 0.6 is 12.2 Å². The number of aromatic nitrogens is 2. The number of carbonyl (C=O) groups is 1. The number of hydrazine groups is 1. The molecule has 1 heterocycles. The largest absolute Gasteiger partial charge is 0.507 e. The number of anilines is 1. The van der Waals surface area contributed by atoms with E-state index < -0.39 is 5.91 Å². The summed E-state index contributed by atoms with van der Waals surface area (Å²) >= 11 is 5.12. The molecule has 132 valence electrons.